The van der Waals surface area contributed by atoms with Gasteiger partial charge in [0, 0.05) is 5.56 Å². The van der Waals surface area contributed by atoms with Crippen LogP contribution in [0.3, 0.4) is 0 Å². The maximum atomic E-state index is 12.7. The molecule has 0 spiro atoms. The Bertz CT molecular complexity index is 1750. The zero-order valence-corrected chi connectivity index (χ0v) is 22.4. The molecule has 0 fully saturated rings. The first kappa shape index (κ1) is 26.5. The number of nitrogens with zero attached hydrogens (tertiary/aromatic N) is 1. The fourth-order valence-electron chi connectivity index (χ4n) is 4.67. The summed E-state index contributed by atoms with van der Waals surface area (Å²) in [6.45, 7) is 0.599. The largest absolute Gasteiger partial charge is 0.457 e. The summed E-state index contributed by atoms with van der Waals surface area (Å²) in [4.78, 5) is 37.8. The van der Waals surface area contributed by atoms with Crippen LogP contribution in [0, 0.1) is 0 Å². The lowest BCUT2D eigenvalue weighted by Gasteiger charge is -2.13. The summed E-state index contributed by atoms with van der Waals surface area (Å²) >= 11 is 0. The molecular formula is C35H25NO6. The third-order valence-electron chi connectivity index (χ3n) is 6.74. The van der Waals surface area contributed by atoms with Crippen LogP contribution in [-0.4, -0.2) is 22.7 Å². The van der Waals surface area contributed by atoms with Gasteiger partial charge in [0.25, 0.3) is 11.8 Å². The molecule has 2 aliphatic heterocycles. The smallest absolute Gasteiger partial charge is 0.338 e. The van der Waals surface area contributed by atoms with Gasteiger partial charge in [-0.15, -0.1) is 0 Å². The van der Waals surface area contributed by atoms with Crippen LogP contribution < -0.4 is 9.47 Å². The molecule has 0 aromatic heterocycles. The molecule has 206 valence electrons. The van der Waals surface area contributed by atoms with Crippen molar-refractivity contribution < 1.29 is 28.6 Å². The molecular weight excluding hydrogens is 530 g/mol. The summed E-state index contributed by atoms with van der Waals surface area (Å²) in [5.41, 5.74) is 3.22. The monoisotopic (exact) mass is 555 g/mol. The van der Waals surface area contributed by atoms with Crippen molar-refractivity contribution in [3.05, 3.63) is 155 Å². The molecule has 2 heterocycles. The summed E-state index contributed by atoms with van der Waals surface area (Å²) in [6, 6.07) is 38.7. The number of amides is 2. The second kappa shape index (κ2) is 11.8. The molecule has 7 heteroatoms. The molecule has 5 aromatic rings. The Kier molecular flexibility index (Phi) is 7.46. The third kappa shape index (κ3) is 5.76. The van der Waals surface area contributed by atoms with E-state index in [4.69, 9.17) is 14.2 Å². The molecule has 0 aliphatic carbocycles. The Balaban J connectivity index is 0.000000162. The van der Waals surface area contributed by atoms with Crippen LogP contribution in [0.2, 0.25) is 0 Å². The van der Waals surface area contributed by atoms with Crippen molar-refractivity contribution in [3.8, 4) is 23.0 Å². The zero-order valence-electron chi connectivity index (χ0n) is 22.4. The van der Waals surface area contributed by atoms with Crippen LogP contribution in [0.25, 0.3) is 0 Å². The molecule has 0 saturated heterocycles. The number of rotatable bonds is 6. The molecule has 2 aliphatic rings. The van der Waals surface area contributed by atoms with Crippen molar-refractivity contribution in [2.75, 3.05) is 0 Å². The Morgan fingerprint density at radius 2 is 1.07 bits per heavy atom. The van der Waals surface area contributed by atoms with E-state index in [0.717, 1.165) is 16.9 Å². The zero-order chi connectivity index (χ0) is 28.9. The van der Waals surface area contributed by atoms with Gasteiger partial charge in [-0.2, -0.15) is 0 Å². The lowest BCUT2D eigenvalue weighted by molar-refractivity contribution is 0.0533. The van der Waals surface area contributed by atoms with E-state index in [1.165, 1.54) is 4.90 Å². The molecule has 5 aromatic carbocycles. The first-order valence-electron chi connectivity index (χ1n) is 13.4. The molecule has 0 radical (unpaired) electrons. The number of fused-ring (bicyclic) bond motifs is 2. The van der Waals surface area contributed by atoms with E-state index in [-0.39, 0.29) is 24.3 Å². The fourth-order valence-corrected chi connectivity index (χ4v) is 4.67. The summed E-state index contributed by atoms with van der Waals surface area (Å²) < 4.78 is 16.4. The molecule has 0 bridgehead atoms. The van der Waals surface area contributed by atoms with Crippen LogP contribution >= 0.6 is 0 Å². The second-order valence-electron chi connectivity index (χ2n) is 9.61. The van der Waals surface area contributed by atoms with Crippen molar-refractivity contribution in [2.45, 2.75) is 13.2 Å². The highest BCUT2D eigenvalue weighted by atomic mass is 16.5. The van der Waals surface area contributed by atoms with Crippen LogP contribution in [0.5, 0.6) is 23.0 Å². The number of para-hydroxylation sites is 2. The molecule has 0 atom stereocenters. The minimum atomic E-state index is -0.289. The van der Waals surface area contributed by atoms with Gasteiger partial charge in [-0.1, -0.05) is 66.7 Å². The standard InChI is InChI=1S/C21H15NO3.C14H10O3/c23-20-18-12-11-17(25-16-9-5-2-6-10-16)13-19(18)21(24)22(20)14-15-7-3-1-4-8-15;15-14-13-7-6-12(8-10(13)9-16-14)17-11-4-2-1-3-5-11/h1-13H,14H2;1-8H,9H2. The van der Waals surface area contributed by atoms with E-state index in [2.05, 4.69) is 0 Å². The number of benzene rings is 5. The number of esters is 1. The van der Waals surface area contributed by atoms with E-state index >= 15 is 0 Å². The van der Waals surface area contributed by atoms with Gasteiger partial charge in [-0.3, -0.25) is 14.5 Å². The maximum Gasteiger partial charge on any atom is 0.338 e. The highest BCUT2D eigenvalue weighted by Crippen LogP contribution is 2.31. The average molecular weight is 556 g/mol. The SMILES string of the molecule is O=C1OCc2cc(Oc3ccccc3)ccc21.O=C1c2ccc(Oc3ccccc3)cc2C(=O)N1Cc1ccccc1. The van der Waals surface area contributed by atoms with E-state index in [1.807, 2.05) is 97.1 Å². The molecule has 42 heavy (non-hydrogen) atoms. The number of ether oxygens (including phenoxy) is 3. The van der Waals surface area contributed by atoms with E-state index in [9.17, 15) is 14.4 Å². The Hall–Kier alpha value is -5.69. The molecule has 0 saturated carbocycles. The molecule has 2 amide bonds. The lowest BCUT2D eigenvalue weighted by atomic mass is 10.1. The fraction of sp³-hybridized carbons (Fsp3) is 0.0571. The summed E-state index contributed by atoms with van der Waals surface area (Å²) in [5, 5.41) is 0. The van der Waals surface area contributed by atoms with Gasteiger partial charge in [-0.25, -0.2) is 4.79 Å². The minimum Gasteiger partial charge on any atom is -0.457 e. The average Bonchev–Trinajstić information content (AvgIpc) is 3.51. The van der Waals surface area contributed by atoms with Crippen LogP contribution in [0.4, 0.5) is 0 Å². The Morgan fingerprint density at radius 3 is 1.69 bits per heavy atom. The topological polar surface area (TPSA) is 82.1 Å². The lowest BCUT2D eigenvalue weighted by Crippen LogP contribution is -2.29. The number of hydrogen-bond donors (Lipinski definition) is 0. The van der Waals surface area contributed by atoms with Gasteiger partial charge in [0.05, 0.1) is 23.2 Å². The van der Waals surface area contributed by atoms with Gasteiger partial charge < -0.3 is 14.2 Å². The summed E-state index contributed by atoms with van der Waals surface area (Å²) in [6.07, 6.45) is 0. The van der Waals surface area contributed by atoms with Crippen LogP contribution in [0.1, 0.15) is 42.2 Å². The van der Waals surface area contributed by atoms with Gasteiger partial charge >= 0.3 is 5.97 Å². The van der Waals surface area contributed by atoms with E-state index in [0.29, 0.717) is 40.5 Å². The first-order valence-corrected chi connectivity index (χ1v) is 13.4. The highest BCUT2D eigenvalue weighted by molar-refractivity contribution is 6.21. The van der Waals surface area contributed by atoms with Gasteiger partial charge in [-0.05, 0) is 66.2 Å². The Morgan fingerprint density at radius 1 is 0.548 bits per heavy atom. The Labute approximate surface area is 242 Å². The van der Waals surface area contributed by atoms with Crippen LogP contribution in [0.15, 0.2) is 127 Å². The summed E-state index contributed by atoms with van der Waals surface area (Å²) in [5.74, 6) is 1.89. The van der Waals surface area contributed by atoms with Gasteiger partial charge in [0.2, 0.25) is 0 Å². The quantitative estimate of drug-likeness (QED) is 0.160. The molecule has 7 rings (SSSR count). The van der Waals surface area contributed by atoms with Crippen molar-refractivity contribution in [1.82, 2.24) is 4.90 Å². The molecule has 7 nitrogen and oxygen atoms in total. The normalized spacial score (nSPS) is 13.0. The molecule has 0 unspecified atom stereocenters. The van der Waals surface area contributed by atoms with Crippen molar-refractivity contribution in [1.29, 1.82) is 0 Å². The van der Waals surface area contributed by atoms with Gasteiger partial charge in [0.1, 0.15) is 29.6 Å². The number of hydrogen-bond acceptors (Lipinski definition) is 6. The van der Waals surface area contributed by atoms with E-state index < -0.39 is 0 Å². The van der Waals surface area contributed by atoms with E-state index in [1.54, 1.807) is 30.3 Å². The maximum absolute atomic E-state index is 12.7. The first-order chi connectivity index (χ1) is 20.5. The minimum absolute atomic E-state index is 0.258. The molecule has 0 N–H and O–H groups in total. The van der Waals surface area contributed by atoms with Gasteiger partial charge in [0.15, 0.2) is 0 Å². The number of cyclic esters (lactones) is 1. The predicted molar refractivity (Wildman–Crippen MR) is 156 cm³/mol. The van der Waals surface area contributed by atoms with Crippen molar-refractivity contribution in [3.63, 3.8) is 0 Å². The number of carbonyl (C=O) groups is 3. The highest BCUT2D eigenvalue weighted by Gasteiger charge is 2.35. The van der Waals surface area contributed by atoms with Crippen molar-refractivity contribution in [2.24, 2.45) is 0 Å². The van der Waals surface area contributed by atoms with Crippen molar-refractivity contribution >= 4 is 17.8 Å². The van der Waals surface area contributed by atoms with Crippen LogP contribution in [-0.2, 0) is 17.9 Å². The second-order valence-corrected chi connectivity index (χ2v) is 9.61. The predicted octanol–water partition coefficient (Wildman–Crippen LogP) is 7.42. The number of carbonyl (C=O) groups excluding carboxylic acids is 3. The summed E-state index contributed by atoms with van der Waals surface area (Å²) in [7, 11) is 0. The number of imide groups is 1. The third-order valence-corrected chi connectivity index (χ3v) is 6.74.